The van der Waals surface area contributed by atoms with Crippen LogP contribution >= 0.6 is 11.3 Å². The summed E-state index contributed by atoms with van der Waals surface area (Å²) in [7, 11) is 0. The van der Waals surface area contributed by atoms with E-state index in [2.05, 4.69) is 49.7 Å². The van der Waals surface area contributed by atoms with Crippen molar-refractivity contribution in [1.82, 2.24) is 25.0 Å². The van der Waals surface area contributed by atoms with E-state index in [0.717, 1.165) is 75.2 Å². The number of hydrogen-bond donors (Lipinski definition) is 4. The van der Waals surface area contributed by atoms with Gasteiger partial charge in [0, 0.05) is 50.7 Å². The zero-order valence-corrected chi connectivity index (χ0v) is 37.1. The van der Waals surface area contributed by atoms with E-state index in [1.165, 1.54) is 28.9 Å². The number of aliphatic carboxylic acids is 1. The van der Waals surface area contributed by atoms with Gasteiger partial charge in [-0.1, -0.05) is 49.6 Å². The number of hydrogen-bond acceptors (Lipinski definition) is 12. The van der Waals surface area contributed by atoms with Crippen LogP contribution in [0.5, 0.6) is 11.5 Å². The zero-order valence-electron chi connectivity index (χ0n) is 36.3. The van der Waals surface area contributed by atoms with E-state index >= 15 is 0 Å². The van der Waals surface area contributed by atoms with Crippen LogP contribution < -0.4 is 15.4 Å². The molecule has 3 aliphatic heterocycles. The second kappa shape index (κ2) is 22.9. The number of carboxylic acids is 1. The number of benzene rings is 2. The minimum Gasteiger partial charge on any atom is -0.506 e. The standard InChI is InChI=1S/C43H58N6O7S.C2HF3O2/c1-31-45-36(29-57-31)42(53)48-23-26-56-43(30-48)16-20-47(21-17-43)27-33-9-7-32(8-10-33)14-24-54-25-15-39(52)49(35-5-3-2-4-6-35)22-19-44-18-13-34-11-12-37(50)40-41(34)55-28-38(51)46-40;3-2(4,5)1(6)7/h7-12,29,35,44,50H,2-6,13-28,30H2,1H3,(H,46,51);(H,6,7). The maximum atomic E-state index is 13.5. The van der Waals surface area contributed by atoms with Gasteiger partial charge in [-0.15, -0.1) is 11.3 Å². The second-order valence-electron chi connectivity index (χ2n) is 16.7. The lowest BCUT2D eigenvalue weighted by Gasteiger charge is -2.47. The highest BCUT2D eigenvalue weighted by Crippen LogP contribution is 2.39. The van der Waals surface area contributed by atoms with Gasteiger partial charge >= 0.3 is 12.1 Å². The number of morpholine rings is 1. The monoisotopic (exact) mass is 916 g/mol. The molecule has 1 spiro atoms. The van der Waals surface area contributed by atoms with Crippen LogP contribution in [0, 0.1) is 6.92 Å². The molecule has 15 nitrogen and oxygen atoms in total. The van der Waals surface area contributed by atoms with Crippen molar-refractivity contribution in [2.75, 3.05) is 77.6 Å². The van der Waals surface area contributed by atoms with Gasteiger partial charge in [0.1, 0.15) is 17.1 Å². The molecule has 3 fully saturated rings. The first-order chi connectivity index (χ1) is 30.7. The van der Waals surface area contributed by atoms with Crippen LogP contribution in [0.3, 0.4) is 0 Å². The van der Waals surface area contributed by atoms with Crippen LogP contribution in [-0.2, 0) is 43.2 Å². The summed E-state index contributed by atoms with van der Waals surface area (Å²) in [5, 5.41) is 26.2. The van der Waals surface area contributed by atoms with Gasteiger partial charge in [0.2, 0.25) is 5.91 Å². The van der Waals surface area contributed by atoms with Crippen molar-refractivity contribution in [3.8, 4) is 11.5 Å². The van der Waals surface area contributed by atoms with Gasteiger partial charge in [-0.25, -0.2) is 9.78 Å². The van der Waals surface area contributed by atoms with Crippen LogP contribution in [0.15, 0.2) is 41.8 Å². The number of amides is 3. The summed E-state index contributed by atoms with van der Waals surface area (Å²) in [6.45, 7) is 9.42. The van der Waals surface area contributed by atoms with Crippen molar-refractivity contribution < 1.29 is 56.8 Å². The lowest BCUT2D eigenvalue weighted by molar-refractivity contribution is -0.192. The van der Waals surface area contributed by atoms with E-state index in [4.69, 9.17) is 24.1 Å². The normalized spacial score (nSPS) is 17.8. The number of phenols is 1. The Morgan fingerprint density at radius 1 is 1.02 bits per heavy atom. The third-order valence-corrected chi connectivity index (χ3v) is 12.8. The predicted octanol–water partition coefficient (Wildman–Crippen LogP) is 5.57. The Kier molecular flexibility index (Phi) is 17.4. The smallest absolute Gasteiger partial charge is 0.490 e. The summed E-state index contributed by atoms with van der Waals surface area (Å²) in [5.41, 5.74) is 4.02. The van der Waals surface area contributed by atoms with Crippen LogP contribution in [0.4, 0.5) is 18.9 Å². The van der Waals surface area contributed by atoms with E-state index in [0.29, 0.717) is 82.5 Å². The largest absolute Gasteiger partial charge is 0.506 e. The van der Waals surface area contributed by atoms with Crippen molar-refractivity contribution in [2.24, 2.45) is 0 Å². The van der Waals surface area contributed by atoms with E-state index < -0.39 is 12.1 Å². The third-order valence-electron chi connectivity index (χ3n) is 12.1. The number of anilines is 1. The number of carbonyl (C=O) groups is 4. The number of ether oxygens (including phenoxy) is 3. The molecule has 4 heterocycles. The topological polar surface area (TPSA) is 183 Å². The van der Waals surface area contributed by atoms with E-state index in [1.54, 1.807) is 6.07 Å². The van der Waals surface area contributed by atoms with Gasteiger partial charge in [0.05, 0.1) is 43.4 Å². The van der Waals surface area contributed by atoms with Gasteiger partial charge in [-0.05, 0) is 74.8 Å². The molecule has 350 valence electrons. The maximum Gasteiger partial charge on any atom is 0.490 e. The van der Waals surface area contributed by atoms with Gasteiger partial charge in [-0.3, -0.25) is 19.3 Å². The number of halogens is 3. The molecule has 0 atom stereocenters. The molecule has 19 heteroatoms. The van der Waals surface area contributed by atoms with Crippen LogP contribution in [0.1, 0.15) is 83.6 Å². The van der Waals surface area contributed by atoms with E-state index in [-0.39, 0.29) is 41.7 Å². The lowest BCUT2D eigenvalue weighted by atomic mass is 9.89. The van der Waals surface area contributed by atoms with Crippen LogP contribution in [0.2, 0.25) is 0 Å². The maximum absolute atomic E-state index is 13.5. The highest BCUT2D eigenvalue weighted by molar-refractivity contribution is 7.09. The summed E-state index contributed by atoms with van der Waals surface area (Å²) in [5.74, 6) is -2.35. The molecule has 3 amide bonds. The number of piperidine rings is 1. The fraction of sp³-hybridized carbons (Fsp3) is 0.578. The summed E-state index contributed by atoms with van der Waals surface area (Å²) in [6.07, 6.45) is 4.21. The summed E-state index contributed by atoms with van der Waals surface area (Å²) in [6, 6.07) is 12.5. The molecule has 4 N–H and O–H groups in total. The molecule has 0 radical (unpaired) electrons. The first-order valence-corrected chi connectivity index (χ1v) is 22.9. The molecule has 1 saturated carbocycles. The average Bonchev–Trinajstić information content (AvgIpc) is 3.73. The Morgan fingerprint density at radius 2 is 1.73 bits per heavy atom. The van der Waals surface area contributed by atoms with Crippen molar-refractivity contribution in [3.05, 3.63) is 69.2 Å². The summed E-state index contributed by atoms with van der Waals surface area (Å²) >= 11 is 1.51. The Bertz CT molecular complexity index is 2040. The molecule has 4 aliphatic rings. The first kappa shape index (κ1) is 48.6. The number of phenolic OH excluding ortho intramolecular Hbond substituents is 1. The Hall–Kier alpha value is -4.82. The number of nitrogens with one attached hydrogen (secondary N) is 2. The van der Waals surface area contributed by atoms with Crippen molar-refractivity contribution in [2.45, 2.75) is 95.5 Å². The zero-order chi connectivity index (χ0) is 45.7. The lowest BCUT2D eigenvalue weighted by Crippen LogP contribution is -2.58. The SMILES string of the molecule is Cc1nc(C(=O)N2CCOC3(CCN(Cc4ccc(CCOCCC(=O)N(CCNCCc5ccc(O)c6c5OCC(=O)N6)C5CCCCC5)cc4)CC3)C2)cs1.O=C(O)C(F)(F)F. The third kappa shape index (κ3) is 13.8. The Morgan fingerprint density at radius 3 is 2.42 bits per heavy atom. The number of rotatable bonds is 16. The number of thiazole rings is 1. The molecule has 7 rings (SSSR count). The summed E-state index contributed by atoms with van der Waals surface area (Å²) < 4.78 is 49.7. The van der Waals surface area contributed by atoms with E-state index in [1.807, 2.05) is 23.3 Å². The molecular formula is C45H59F3N6O9S. The quantitative estimate of drug-likeness (QED) is 0.104. The second-order valence-corrected chi connectivity index (χ2v) is 17.7. The number of nitrogens with zero attached hydrogens (tertiary/aromatic N) is 4. The number of carbonyl (C=O) groups excluding carboxylic acids is 3. The predicted molar refractivity (Wildman–Crippen MR) is 233 cm³/mol. The number of likely N-dealkylation sites (tertiary alicyclic amines) is 1. The molecule has 0 unspecified atom stereocenters. The van der Waals surface area contributed by atoms with Crippen LogP contribution in [-0.4, -0.2) is 144 Å². The first-order valence-electron chi connectivity index (χ1n) is 22.0. The molecule has 1 aliphatic carbocycles. The number of alkyl halides is 3. The molecule has 64 heavy (non-hydrogen) atoms. The van der Waals surface area contributed by atoms with E-state index in [9.17, 15) is 32.7 Å². The molecule has 0 bridgehead atoms. The number of carboxylic acid groups (broad SMARTS) is 1. The molecule has 2 aromatic carbocycles. The Labute approximate surface area is 375 Å². The Balaban J connectivity index is 0.000000898. The van der Waals surface area contributed by atoms with Gasteiger partial charge in [0.15, 0.2) is 12.4 Å². The van der Waals surface area contributed by atoms with Crippen molar-refractivity contribution in [1.29, 1.82) is 0 Å². The molecular weight excluding hydrogens is 858 g/mol. The number of aromatic hydroxyl groups is 1. The fourth-order valence-corrected chi connectivity index (χ4v) is 9.18. The molecule has 1 aromatic heterocycles. The highest BCUT2D eigenvalue weighted by Gasteiger charge is 2.41. The van der Waals surface area contributed by atoms with Gasteiger partial charge in [0.25, 0.3) is 11.8 Å². The van der Waals surface area contributed by atoms with Crippen molar-refractivity contribution in [3.63, 3.8) is 0 Å². The van der Waals surface area contributed by atoms with Gasteiger partial charge < -0.3 is 44.9 Å². The number of fused-ring (bicyclic) bond motifs is 1. The fourth-order valence-electron chi connectivity index (χ4n) is 8.59. The average molecular weight is 917 g/mol. The van der Waals surface area contributed by atoms with Crippen molar-refractivity contribution >= 4 is 40.7 Å². The molecule has 2 saturated heterocycles. The minimum atomic E-state index is -5.08. The summed E-state index contributed by atoms with van der Waals surface area (Å²) in [4.78, 5) is 58.0. The molecule has 3 aromatic rings. The number of aromatic nitrogens is 1. The van der Waals surface area contributed by atoms with Gasteiger partial charge in [-0.2, -0.15) is 13.2 Å². The minimum absolute atomic E-state index is 0.00374. The number of aryl methyl sites for hydroxylation is 1. The highest BCUT2D eigenvalue weighted by atomic mass is 32.1. The van der Waals surface area contributed by atoms with Crippen LogP contribution in [0.25, 0.3) is 0 Å².